The molecular formula is C9H19BO2. The summed E-state index contributed by atoms with van der Waals surface area (Å²) in [5.41, 5.74) is 0. The molecule has 0 N–H and O–H groups in total. The standard InChI is InChI=1S/C9H19BO2/c1-8-6-4-5-7-9(8)10(11-2)12-3/h8-9H,4-7H2,1-3H3/t8-,9-/m1/s1. The van der Waals surface area contributed by atoms with E-state index in [0.717, 1.165) is 5.92 Å². The van der Waals surface area contributed by atoms with Crippen molar-refractivity contribution in [1.29, 1.82) is 0 Å². The highest BCUT2D eigenvalue weighted by atomic mass is 16.6. The van der Waals surface area contributed by atoms with E-state index >= 15 is 0 Å². The van der Waals surface area contributed by atoms with Crippen LogP contribution in [0, 0.1) is 5.92 Å². The van der Waals surface area contributed by atoms with Crippen molar-refractivity contribution in [2.75, 3.05) is 14.2 Å². The van der Waals surface area contributed by atoms with Gasteiger partial charge in [0, 0.05) is 14.2 Å². The Balaban J connectivity index is 2.45. The minimum Gasteiger partial charge on any atom is -0.414 e. The molecule has 0 aromatic rings. The summed E-state index contributed by atoms with van der Waals surface area (Å²) in [6, 6.07) is 0. The van der Waals surface area contributed by atoms with Gasteiger partial charge in [-0.15, -0.1) is 0 Å². The van der Waals surface area contributed by atoms with Gasteiger partial charge in [-0.1, -0.05) is 32.6 Å². The van der Waals surface area contributed by atoms with Crippen LogP contribution in [-0.4, -0.2) is 21.3 Å². The van der Waals surface area contributed by atoms with Crippen LogP contribution in [0.3, 0.4) is 0 Å². The van der Waals surface area contributed by atoms with Gasteiger partial charge >= 0.3 is 7.12 Å². The molecular weight excluding hydrogens is 151 g/mol. The normalized spacial score (nSPS) is 30.2. The Morgan fingerprint density at radius 3 is 2.17 bits per heavy atom. The molecule has 0 radical (unpaired) electrons. The molecule has 2 nitrogen and oxygen atoms in total. The van der Waals surface area contributed by atoms with Gasteiger partial charge in [0.25, 0.3) is 0 Å². The van der Waals surface area contributed by atoms with Gasteiger partial charge in [-0.25, -0.2) is 0 Å². The van der Waals surface area contributed by atoms with Gasteiger partial charge in [-0.3, -0.25) is 0 Å². The summed E-state index contributed by atoms with van der Waals surface area (Å²) in [6.07, 6.45) is 5.29. The van der Waals surface area contributed by atoms with Gasteiger partial charge in [0.2, 0.25) is 0 Å². The number of rotatable bonds is 3. The molecule has 0 aromatic carbocycles. The van der Waals surface area contributed by atoms with Crippen LogP contribution >= 0.6 is 0 Å². The van der Waals surface area contributed by atoms with E-state index in [0.29, 0.717) is 5.82 Å². The molecule has 0 heterocycles. The highest BCUT2D eigenvalue weighted by molar-refractivity contribution is 6.46. The molecule has 0 aliphatic heterocycles. The van der Waals surface area contributed by atoms with E-state index in [1.807, 2.05) is 0 Å². The maximum absolute atomic E-state index is 5.29. The van der Waals surface area contributed by atoms with Crippen molar-refractivity contribution in [3.8, 4) is 0 Å². The average Bonchev–Trinajstić information content (AvgIpc) is 2.10. The van der Waals surface area contributed by atoms with Crippen molar-refractivity contribution in [1.82, 2.24) is 0 Å². The Morgan fingerprint density at radius 2 is 1.67 bits per heavy atom. The summed E-state index contributed by atoms with van der Waals surface area (Å²) >= 11 is 0. The van der Waals surface area contributed by atoms with Crippen LogP contribution in [0.2, 0.25) is 5.82 Å². The van der Waals surface area contributed by atoms with Crippen LogP contribution in [0.5, 0.6) is 0 Å². The van der Waals surface area contributed by atoms with E-state index in [9.17, 15) is 0 Å². The van der Waals surface area contributed by atoms with Crippen LogP contribution in [0.25, 0.3) is 0 Å². The first-order valence-corrected chi connectivity index (χ1v) is 4.85. The Bertz CT molecular complexity index is 126. The predicted octanol–water partition coefficient (Wildman–Crippen LogP) is 2.35. The summed E-state index contributed by atoms with van der Waals surface area (Å²) in [7, 11) is 3.48. The fourth-order valence-corrected chi connectivity index (χ4v) is 2.20. The lowest BCUT2D eigenvalue weighted by atomic mass is 9.60. The van der Waals surface area contributed by atoms with Gasteiger partial charge < -0.3 is 9.31 Å². The molecule has 12 heavy (non-hydrogen) atoms. The molecule has 2 atom stereocenters. The minimum absolute atomic E-state index is 0.0142. The van der Waals surface area contributed by atoms with E-state index in [4.69, 9.17) is 9.31 Å². The van der Waals surface area contributed by atoms with Gasteiger partial charge in [-0.2, -0.15) is 0 Å². The first-order chi connectivity index (χ1) is 5.79. The summed E-state index contributed by atoms with van der Waals surface area (Å²) in [5, 5.41) is 0. The molecule has 0 saturated heterocycles. The van der Waals surface area contributed by atoms with Gasteiger partial charge in [-0.05, 0) is 11.7 Å². The van der Waals surface area contributed by atoms with Crippen molar-refractivity contribution in [2.24, 2.45) is 5.92 Å². The second kappa shape index (κ2) is 4.88. The first-order valence-electron chi connectivity index (χ1n) is 4.85. The molecule has 1 fully saturated rings. The Morgan fingerprint density at radius 1 is 1.08 bits per heavy atom. The van der Waals surface area contributed by atoms with Gasteiger partial charge in [0.1, 0.15) is 0 Å². The van der Waals surface area contributed by atoms with Gasteiger partial charge in [0.15, 0.2) is 0 Å². The van der Waals surface area contributed by atoms with E-state index in [2.05, 4.69) is 6.92 Å². The molecule has 1 aliphatic rings. The number of hydrogen-bond acceptors (Lipinski definition) is 2. The van der Waals surface area contributed by atoms with Gasteiger partial charge in [0.05, 0.1) is 0 Å². The third-order valence-corrected chi connectivity index (χ3v) is 2.99. The minimum atomic E-state index is 0.0142. The molecule has 70 valence electrons. The SMILES string of the molecule is COB(OC)[C@@H]1CCCC[C@H]1C. The fraction of sp³-hybridized carbons (Fsp3) is 1.00. The average molecular weight is 170 g/mol. The van der Waals surface area contributed by atoms with Crippen LogP contribution < -0.4 is 0 Å². The summed E-state index contributed by atoms with van der Waals surface area (Å²) in [5.74, 6) is 1.36. The van der Waals surface area contributed by atoms with E-state index < -0.39 is 0 Å². The van der Waals surface area contributed by atoms with E-state index in [1.165, 1.54) is 25.7 Å². The zero-order valence-electron chi connectivity index (χ0n) is 8.38. The second-order valence-electron chi connectivity index (χ2n) is 3.77. The van der Waals surface area contributed by atoms with Crippen molar-refractivity contribution in [3.05, 3.63) is 0 Å². The molecule has 1 aliphatic carbocycles. The number of hydrogen-bond donors (Lipinski definition) is 0. The van der Waals surface area contributed by atoms with Crippen molar-refractivity contribution < 1.29 is 9.31 Å². The zero-order valence-corrected chi connectivity index (χ0v) is 8.38. The molecule has 3 heteroatoms. The highest BCUT2D eigenvalue weighted by Crippen LogP contribution is 2.36. The third kappa shape index (κ3) is 2.24. The molecule has 0 bridgehead atoms. The molecule has 0 aromatic heterocycles. The predicted molar refractivity (Wildman–Crippen MR) is 51.2 cm³/mol. The lowest BCUT2D eigenvalue weighted by molar-refractivity contribution is 0.232. The van der Waals surface area contributed by atoms with Crippen LogP contribution in [0.1, 0.15) is 32.6 Å². The van der Waals surface area contributed by atoms with Crippen molar-refractivity contribution >= 4 is 7.12 Å². The Hall–Kier alpha value is -0.0151. The molecule has 0 unspecified atom stereocenters. The van der Waals surface area contributed by atoms with Crippen molar-refractivity contribution in [3.63, 3.8) is 0 Å². The maximum atomic E-state index is 5.29. The Kier molecular flexibility index (Phi) is 4.09. The van der Waals surface area contributed by atoms with Crippen LogP contribution in [0.15, 0.2) is 0 Å². The maximum Gasteiger partial charge on any atom is 0.460 e. The third-order valence-electron chi connectivity index (χ3n) is 2.99. The summed E-state index contributed by atoms with van der Waals surface area (Å²) < 4.78 is 10.6. The van der Waals surface area contributed by atoms with E-state index in [-0.39, 0.29) is 7.12 Å². The molecule has 0 amide bonds. The molecule has 1 saturated carbocycles. The zero-order chi connectivity index (χ0) is 8.97. The molecule has 0 spiro atoms. The van der Waals surface area contributed by atoms with Crippen molar-refractivity contribution in [2.45, 2.75) is 38.4 Å². The quantitative estimate of drug-likeness (QED) is 0.605. The van der Waals surface area contributed by atoms with Crippen LogP contribution in [0.4, 0.5) is 0 Å². The molecule has 1 rings (SSSR count). The van der Waals surface area contributed by atoms with E-state index in [1.54, 1.807) is 14.2 Å². The highest BCUT2D eigenvalue weighted by Gasteiger charge is 2.34. The smallest absolute Gasteiger partial charge is 0.414 e. The summed E-state index contributed by atoms with van der Waals surface area (Å²) in [4.78, 5) is 0. The second-order valence-corrected chi connectivity index (χ2v) is 3.77. The summed E-state index contributed by atoms with van der Waals surface area (Å²) in [6.45, 7) is 2.30. The van der Waals surface area contributed by atoms with Crippen LogP contribution in [-0.2, 0) is 9.31 Å². The fourth-order valence-electron chi connectivity index (χ4n) is 2.20. The Labute approximate surface area is 75.8 Å². The largest absolute Gasteiger partial charge is 0.460 e. The topological polar surface area (TPSA) is 18.5 Å². The first kappa shape index (κ1) is 10.1. The lowest BCUT2D eigenvalue weighted by Crippen LogP contribution is -2.32. The monoisotopic (exact) mass is 170 g/mol. The lowest BCUT2D eigenvalue weighted by Gasteiger charge is -2.30.